The summed E-state index contributed by atoms with van der Waals surface area (Å²) in [6.07, 6.45) is 1.93. The highest BCUT2D eigenvalue weighted by Gasteiger charge is 2.59. The van der Waals surface area contributed by atoms with Crippen molar-refractivity contribution in [2.45, 2.75) is 141 Å². The standard InChI is InChI=1S/C24H43NO7Si/c1-22(2,3)33(8,9)32-25-15-12-10-11-13-16(15)27-21-20-19(30-24(6,7)31-20)18-17(28-21)14-26-23(4,5)29-18/h16-21H,10-14H2,1-9H3/b25-15-/t16?,17-,18-,19+,20+,21?/m1/s1. The van der Waals surface area contributed by atoms with Gasteiger partial charge in [-0.3, -0.25) is 0 Å². The third kappa shape index (κ3) is 5.49. The highest BCUT2D eigenvalue weighted by atomic mass is 28.4. The van der Waals surface area contributed by atoms with Crippen LogP contribution in [0.3, 0.4) is 0 Å². The Bertz CT molecular complexity index is 748. The maximum absolute atomic E-state index is 6.57. The summed E-state index contributed by atoms with van der Waals surface area (Å²) in [5, 5.41) is 4.75. The third-order valence-corrected chi connectivity index (χ3v) is 11.6. The minimum absolute atomic E-state index is 0.0894. The van der Waals surface area contributed by atoms with Crippen molar-refractivity contribution in [1.29, 1.82) is 0 Å². The Labute approximate surface area is 199 Å². The average Bonchev–Trinajstić information content (AvgIpc) is 3.02. The summed E-state index contributed by atoms with van der Waals surface area (Å²) in [7, 11) is -2.00. The number of hydrogen-bond donors (Lipinski definition) is 0. The maximum Gasteiger partial charge on any atom is 0.286 e. The van der Waals surface area contributed by atoms with E-state index < -0.39 is 26.2 Å². The molecule has 8 nitrogen and oxygen atoms in total. The number of oxime groups is 1. The Morgan fingerprint density at radius 1 is 0.939 bits per heavy atom. The lowest BCUT2D eigenvalue weighted by Crippen LogP contribution is -2.64. The van der Waals surface area contributed by atoms with Crippen LogP contribution in [-0.4, -0.2) is 69.0 Å². The van der Waals surface area contributed by atoms with Gasteiger partial charge in [-0.2, -0.15) is 0 Å². The van der Waals surface area contributed by atoms with Crippen LogP contribution in [0.4, 0.5) is 0 Å². The molecule has 6 atom stereocenters. The first-order valence-electron chi connectivity index (χ1n) is 12.4. The second-order valence-corrected chi connectivity index (χ2v) is 16.9. The molecule has 33 heavy (non-hydrogen) atoms. The summed E-state index contributed by atoms with van der Waals surface area (Å²) >= 11 is 0. The molecule has 3 saturated heterocycles. The van der Waals surface area contributed by atoms with Gasteiger partial charge in [0.25, 0.3) is 8.32 Å². The average molecular weight is 486 g/mol. The van der Waals surface area contributed by atoms with Crippen molar-refractivity contribution >= 4 is 14.0 Å². The lowest BCUT2D eigenvalue weighted by Gasteiger charge is -2.48. The normalized spacial score (nSPS) is 39.7. The molecule has 190 valence electrons. The number of ether oxygens (including phenoxy) is 6. The molecule has 9 heteroatoms. The number of fused-ring (bicyclic) bond motifs is 3. The van der Waals surface area contributed by atoms with E-state index in [2.05, 4.69) is 39.0 Å². The molecule has 0 aromatic rings. The van der Waals surface area contributed by atoms with Crippen LogP contribution >= 0.6 is 0 Å². The summed E-state index contributed by atoms with van der Waals surface area (Å²) < 4.78 is 43.7. The summed E-state index contributed by atoms with van der Waals surface area (Å²) in [6.45, 7) is 19.2. The minimum Gasteiger partial charge on any atom is -0.455 e. The molecular formula is C24H43NO7Si. The molecule has 0 aromatic heterocycles. The van der Waals surface area contributed by atoms with Gasteiger partial charge in [-0.25, -0.2) is 0 Å². The van der Waals surface area contributed by atoms with E-state index in [1.165, 1.54) is 0 Å². The first-order valence-corrected chi connectivity index (χ1v) is 15.3. The lowest BCUT2D eigenvalue weighted by molar-refractivity contribution is -0.372. The van der Waals surface area contributed by atoms with Crippen LogP contribution in [0.1, 0.15) is 74.1 Å². The molecule has 0 amide bonds. The van der Waals surface area contributed by atoms with Crippen LogP contribution < -0.4 is 0 Å². The van der Waals surface area contributed by atoms with Crippen LogP contribution in [0.15, 0.2) is 5.16 Å². The predicted molar refractivity (Wildman–Crippen MR) is 126 cm³/mol. The van der Waals surface area contributed by atoms with E-state index in [0.717, 1.165) is 31.4 Å². The molecule has 4 rings (SSSR count). The Kier molecular flexibility index (Phi) is 6.84. The van der Waals surface area contributed by atoms with Crippen molar-refractivity contribution in [3.05, 3.63) is 0 Å². The van der Waals surface area contributed by atoms with E-state index in [1.807, 2.05) is 27.7 Å². The van der Waals surface area contributed by atoms with Crippen molar-refractivity contribution in [3.63, 3.8) is 0 Å². The third-order valence-electron chi connectivity index (χ3n) is 7.46. The lowest BCUT2D eigenvalue weighted by atomic mass is 9.94. The zero-order valence-electron chi connectivity index (χ0n) is 21.8. The van der Waals surface area contributed by atoms with E-state index in [4.69, 9.17) is 32.9 Å². The Morgan fingerprint density at radius 3 is 2.30 bits per heavy atom. The van der Waals surface area contributed by atoms with Crippen molar-refractivity contribution in [1.82, 2.24) is 0 Å². The zero-order valence-corrected chi connectivity index (χ0v) is 22.8. The van der Waals surface area contributed by atoms with Crippen molar-refractivity contribution < 1.29 is 32.9 Å². The van der Waals surface area contributed by atoms with Gasteiger partial charge in [0.05, 0.1) is 12.3 Å². The van der Waals surface area contributed by atoms with Crippen LogP contribution in [0.5, 0.6) is 0 Å². The molecule has 0 N–H and O–H groups in total. The fourth-order valence-corrected chi connectivity index (χ4v) is 5.16. The van der Waals surface area contributed by atoms with E-state index >= 15 is 0 Å². The molecular weight excluding hydrogens is 442 g/mol. The van der Waals surface area contributed by atoms with Gasteiger partial charge in [0.15, 0.2) is 17.9 Å². The molecule has 3 aliphatic heterocycles. The first-order chi connectivity index (χ1) is 15.2. The van der Waals surface area contributed by atoms with Crippen LogP contribution in [0, 0.1) is 0 Å². The quantitative estimate of drug-likeness (QED) is 0.421. The van der Waals surface area contributed by atoms with E-state index in [0.29, 0.717) is 6.61 Å². The van der Waals surface area contributed by atoms with Gasteiger partial charge in [-0.1, -0.05) is 27.2 Å². The van der Waals surface area contributed by atoms with Crippen molar-refractivity contribution in [2.24, 2.45) is 5.16 Å². The van der Waals surface area contributed by atoms with Gasteiger partial charge in [-0.15, -0.1) is 5.16 Å². The summed E-state index contributed by atoms with van der Waals surface area (Å²) in [4.78, 5) is 0. The fraction of sp³-hybridized carbons (Fsp3) is 0.958. The van der Waals surface area contributed by atoms with E-state index in [-0.39, 0.29) is 35.6 Å². The van der Waals surface area contributed by atoms with Gasteiger partial charge in [0.2, 0.25) is 0 Å². The molecule has 0 bridgehead atoms. The second kappa shape index (κ2) is 8.83. The molecule has 1 saturated carbocycles. The molecule has 3 heterocycles. The zero-order chi connectivity index (χ0) is 24.2. The Hall–Kier alpha value is -0.553. The Morgan fingerprint density at radius 2 is 1.61 bits per heavy atom. The minimum atomic E-state index is -2.00. The van der Waals surface area contributed by atoms with Crippen molar-refractivity contribution in [3.8, 4) is 0 Å². The molecule has 0 aromatic carbocycles. The second-order valence-electron chi connectivity index (χ2n) is 12.2. The van der Waals surface area contributed by atoms with Crippen LogP contribution in [0.2, 0.25) is 18.1 Å². The van der Waals surface area contributed by atoms with E-state index in [9.17, 15) is 0 Å². The Balaban J connectivity index is 1.51. The number of nitrogens with zero attached hydrogens (tertiary/aromatic N) is 1. The molecule has 0 spiro atoms. The fourth-order valence-electron chi connectivity index (χ4n) is 4.54. The largest absolute Gasteiger partial charge is 0.455 e. The van der Waals surface area contributed by atoms with Gasteiger partial charge in [0, 0.05) is 0 Å². The molecule has 1 aliphatic carbocycles. The molecule has 4 aliphatic rings. The highest BCUT2D eigenvalue weighted by Crippen LogP contribution is 2.43. The van der Waals surface area contributed by atoms with Gasteiger partial charge in [-0.05, 0) is 65.1 Å². The first kappa shape index (κ1) is 25.5. The van der Waals surface area contributed by atoms with Crippen LogP contribution in [-0.2, 0) is 32.9 Å². The van der Waals surface area contributed by atoms with Crippen LogP contribution in [0.25, 0.3) is 0 Å². The summed E-state index contributed by atoms with van der Waals surface area (Å²) in [5.41, 5.74) is 0.962. The van der Waals surface area contributed by atoms with Gasteiger partial charge >= 0.3 is 0 Å². The van der Waals surface area contributed by atoms with Crippen molar-refractivity contribution in [2.75, 3.05) is 6.61 Å². The number of hydrogen-bond acceptors (Lipinski definition) is 8. The van der Waals surface area contributed by atoms with E-state index in [1.54, 1.807) is 0 Å². The smallest absolute Gasteiger partial charge is 0.286 e. The van der Waals surface area contributed by atoms with Gasteiger partial charge < -0.3 is 32.9 Å². The molecule has 4 fully saturated rings. The predicted octanol–water partition coefficient (Wildman–Crippen LogP) is 4.72. The molecule has 2 unspecified atom stereocenters. The maximum atomic E-state index is 6.57. The summed E-state index contributed by atoms with van der Waals surface area (Å²) in [6, 6.07) is 0. The number of rotatable bonds is 4. The highest BCUT2D eigenvalue weighted by molar-refractivity contribution is 6.74. The monoisotopic (exact) mass is 485 g/mol. The van der Waals surface area contributed by atoms with Gasteiger partial charge in [0.1, 0.15) is 30.5 Å². The molecule has 0 radical (unpaired) electrons. The summed E-state index contributed by atoms with van der Waals surface area (Å²) in [5.74, 6) is -1.43. The SMILES string of the molecule is CC1(C)OC[C@H]2OC(OC3CCCC/C3=N/O[Si](C)(C)C(C)(C)C)[C@H]3OC(C)(C)O[C@H]3[C@@H]2O1. The topological polar surface area (TPSA) is 77.0 Å².